The topological polar surface area (TPSA) is 42.0 Å². The van der Waals surface area contributed by atoms with Crippen molar-refractivity contribution in [1.29, 1.82) is 0 Å². The van der Waals surface area contributed by atoms with Crippen LogP contribution in [-0.2, 0) is 11.3 Å². The van der Waals surface area contributed by atoms with Crippen LogP contribution in [0.4, 0.5) is 0 Å². The molecular formula is C20H22N2O3. The lowest BCUT2D eigenvalue weighted by Crippen LogP contribution is -2.53. The van der Waals surface area contributed by atoms with Crippen LogP contribution in [0.2, 0.25) is 0 Å². The molecule has 130 valence electrons. The lowest BCUT2D eigenvalue weighted by Gasteiger charge is -2.37. The van der Waals surface area contributed by atoms with E-state index in [0.29, 0.717) is 11.5 Å². The summed E-state index contributed by atoms with van der Waals surface area (Å²) in [5.74, 6) is 1.38. The number of fused-ring (bicyclic) bond motifs is 1. The molecule has 2 aliphatic rings. The van der Waals surface area contributed by atoms with Crippen molar-refractivity contribution in [2.45, 2.75) is 12.6 Å². The Balaban J connectivity index is 1.31. The summed E-state index contributed by atoms with van der Waals surface area (Å²) in [5.41, 5.74) is 1.31. The van der Waals surface area contributed by atoms with Crippen molar-refractivity contribution >= 4 is 5.91 Å². The Kier molecular flexibility index (Phi) is 4.57. The van der Waals surface area contributed by atoms with Crippen LogP contribution in [0.3, 0.4) is 0 Å². The normalized spacial score (nSPS) is 20.3. The predicted molar refractivity (Wildman–Crippen MR) is 94.7 cm³/mol. The third-order valence-electron chi connectivity index (χ3n) is 4.72. The van der Waals surface area contributed by atoms with Gasteiger partial charge in [0.2, 0.25) is 6.10 Å². The lowest BCUT2D eigenvalue weighted by atomic mass is 10.2. The smallest absolute Gasteiger partial charge is 0.267 e. The van der Waals surface area contributed by atoms with Crippen LogP contribution < -0.4 is 9.47 Å². The maximum atomic E-state index is 12.7. The summed E-state index contributed by atoms with van der Waals surface area (Å²) in [6.07, 6.45) is -0.546. The molecule has 2 heterocycles. The molecule has 0 saturated carbocycles. The van der Waals surface area contributed by atoms with Gasteiger partial charge in [-0.3, -0.25) is 9.69 Å². The highest BCUT2D eigenvalue weighted by atomic mass is 16.6. The number of hydrogen-bond donors (Lipinski definition) is 0. The average Bonchev–Trinajstić information content (AvgIpc) is 2.68. The fourth-order valence-electron chi connectivity index (χ4n) is 3.31. The number of carbonyl (C=O) groups is 1. The van der Waals surface area contributed by atoms with Crippen molar-refractivity contribution in [3.8, 4) is 11.5 Å². The second-order valence-electron chi connectivity index (χ2n) is 6.45. The van der Waals surface area contributed by atoms with Crippen molar-refractivity contribution in [1.82, 2.24) is 9.80 Å². The van der Waals surface area contributed by atoms with Gasteiger partial charge in [-0.15, -0.1) is 0 Å². The molecule has 5 nitrogen and oxygen atoms in total. The molecule has 2 aromatic rings. The molecule has 1 fully saturated rings. The van der Waals surface area contributed by atoms with Crippen molar-refractivity contribution in [3.63, 3.8) is 0 Å². The van der Waals surface area contributed by atoms with Crippen LogP contribution in [0.5, 0.6) is 11.5 Å². The van der Waals surface area contributed by atoms with Crippen LogP contribution in [0.25, 0.3) is 0 Å². The Labute approximate surface area is 147 Å². The number of hydrogen-bond acceptors (Lipinski definition) is 4. The SMILES string of the molecule is O=C([C@H]1COc2ccccc2O1)N1CCN(Cc2ccccc2)CC1. The molecule has 1 saturated heterocycles. The van der Waals surface area contributed by atoms with Gasteiger partial charge >= 0.3 is 0 Å². The quantitative estimate of drug-likeness (QED) is 0.860. The van der Waals surface area contributed by atoms with Crippen LogP contribution in [0.15, 0.2) is 54.6 Å². The molecule has 0 spiro atoms. The van der Waals surface area contributed by atoms with Gasteiger partial charge in [-0.2, -0.15) is 0 Å². The van der Waals surface area contributed by atoms with Gasteiger partial charge in [0.25, 0.3) is 5.91 Å². The van der Waals surface area contributed by atoms with Gasteiger partial charge in [-0.1, -0.05) is 42.5 Å². The van der Waals surface area contributed by atoms with Gasteiger partial charge in [0, 0.05) is 32.7 Å². The number of nitrogens with zero attached hydrogens (tertiary/aromatic N) is 2. The zero-order valence-electron chi connectivity index (χ0n) is 14.1. The van der Waals surface area contributed by atoms with Crippen LogP contribution >= 0.6 is 0 Å². The third-order valence-corrected chi connectivity index (χ3v) is 4.72. The Morgan fingerprint density at radius 1 is 0.920 bits per heavy atom. The number of ether oxygens (including phenoxy) is 2. The van der Waals surface area contributed by atoms with Gasteiger partial charge < -0.3 is 14.4 Å². The first kappa shape index (κ1) is 16.0. The van der Waals surface area contributed by atoms with Crippen molar-refractivity contribution in [3.05, 3.63) is 60.2 Å². The molecule has 0 aliphatic carbocycles. The molecule has 2 aliphatic heterocycles. The van der Waals surface area contributed by atoms with Gasteiger partial charge in [0.05, 0.1) is 0 Å². The van der Waals surface area contributed by atoms with E-state index in [2.05, 4.69) is 29.2 Å². The number of carbonyl (C=O) groups excluding carboxylic acids is 1. The average molecular weight is 338 g/mol. The molecule has 25 heavy (non-hydrogen) atoms. The van der Waals surface area contributed by atoms with Gasteiger partial charge in [-0.25, -0.2) is 0 Å². The summed E-state index contributed by atoms with van der Waals surface area (Å²) in [7, 11) is 0. The van der Waals surface area contributed by atoms with E-state index < -0.39 is 6.10 Å². The molecule has 0 bridgehead atoms. The first-order valence-corrected chi connectivity index (χ1v) is 8.73. The molecule has 0 unspecified atom stereocenters. The lowest BCUT2D eigenvalue weighted by molar-refractivity contribution is -0.143. The van der Waals surface area contributed by atoms with E-state index in [1.54, 1.807) is 0 Å². The molecule has 2 aromatic carbocycles. The number of para-hydroxylation sites is 2. The van der Waals surface area contributed by atoms with Crippen molar-refractivity contribution in [2.24, 2.45) is 0 Å². The van der Waals surface area contributed by atoms with Crippen LogP contribution in [0.1, 0.15) is 5.56 Å². The summed E-state index contributed by atoms with van der Waals surface area (Å²) >= 11 is 0. The molecule has 1 atom stereocenters. The van der Waals surface area contributed by atoms with E-state index in [-0.39, 0.29) is 12.5 Å². The Morgan fingerprint density at radius 3 is 2.36 bits per heavy atom. The summed E-state index contributed by atoms with van der Waals surface area (Å²) in [6, 6.07) is 17.9. The number of piperazine rings is 1. The summed E-state index contributed by atoms with van der Waals surface area (Å²) in [4.78, 5) is 17.0. The highest BCUT2D eigenvalue weighted by Gasteiger charge is 2.32. The van der Waals surface area contributed by atoms with Crippen LogP contribution in [-0.4, -0.2) is 54.6 Å². The summed E-state index contributed by atoms with van der Waals surface area (Å²) in [6.45, 7) is 4.43. The molecule has 1 amide bonds. The fraction of sp³-hybridized carbons (Fsp3) is 0.350. The first-order valence-electron chi connectivity index (χ1n) is 8.73. The Hall–Kier alpha value is -2.53. The van der Waals surface area contributed by atoms with E-state index in [1.165, 1.54) is 5.56 Å². The summed E-state index contributed by atoms with van der Waals surface area (Å²) in [5, 5.41) is 0. The second kappa shape index (κ2) is 7.15. The largest absolute Gasteiger partial charge is 0.485 e. The van der Waals surface area contributed by atoms with Gasteiger partial charge in [-0.05, 0) is 17.7 Å². The predicted octanol–water partition coefficient (Wildman–Crippen LogP) is 2.17. The van der Waals surface area contributed by atoms with E-state index in [1.807, 2.05) is 35.2 Å². The fourth-order valence-corrected chi connectivity index (χ4v) is 3.31. The monoisotopic (exact) mass is 338 g/mol. The second-order valence-corrected chi connectivity index (χ2v) is 6.45. The molecule has 0 radical (unpaired) electrons. The van der Waals surface area contributed by atoms with E-state index in [9.17, 15) is 4.79 Å². The standard InChI is InChI=1S/C20H22N2O3/c23-20(19-15-24-17-8-4-5-9-18(17)25-19)22-12-10-21(11-13-22)14-16-6-2-1-3-7-16/h1-9,19H,10-15H2/t19-/m1/s1. The van der Waals surface area contributed by atoms with E-state index in [4.69, 9.17) is 9.47 Å². The van der Waals surface area contributed by atoms with Crippen molar-refractivity contribution < 1.29 is 14.3 Å². The van der Waals surface area contributed by atoms with Crippen molar-refractivity contribution in [2.75, 3.05) is 32.8 Å². The number of benzene rings is 2. The number of rotatable bonds is 3. The summed E-state index contributed by atoms with van der Waals surface area (Å²) < 4.78 is 11.5. The van der Waals surface area contributed by atoms with E-state index >= 15 is 0 Å². The Bertz CT molecular complexity index is 727. The molecule has 0 N–H and O–H groups in total. The zero-order chi connectivity index (χ0) is 17.1. The molecule has 5 heteroatoms. The minimum absolute atomic E-state index is 0.0221. The number of amides is 1. The van der Waals surface area contributed by atoms with Gasteiger partial charge in [0.15, 0.2) is 11.5 Å². The maximum Gasteiger partial charge on any atom is 0.267 e. The highest BCUT2D eigenvalue weighted by Crippen LogP contribution is 2.31. The van der Waals surface area contributed by atoms with E-state index in [0.717, 1.165) is 32.7 Å². The maximum absolute atomic E-state index is 12.7. The molecular weight excluding hydrogens is 316 g/mol. The highest BCUT2D eigenvalue weighted by molar-refractivity contribution is 5.82. The van der Waals surface area contributed by atoms with Gasteiger partial charge in [0.1, 0.15) is 6.61 Å². The third kappa shape index (κ3) is 3.61. The van der Waals surface area contributed by atoms with Crippen LogP contribution in [0, 0.1) is 0 Å². The minimum atomic E-state index is -0.546. The molecule has 4 rings (SSSR count). The first-order chi connectivity index (χ1) is 12.3. The zero-order valence-corrected chi connectivity index (χ0v) is 14.1. The minimum Gasteiger partial charge on any atom is -0.485 e. The molecule has 0 aromatic heterocycles. The Morgan fingerprint density at radius 2 is 1.60 bits per heavy atom.